The summed E-state index contributed by atoms with van der Waals surface area (Å²) in [6.07, 6.45) is 1.22. The monoisotopic (exact) mass is 109 g/mol. The van der Waals surface area contributed by atoms with Gasteiger partial charge in [0.05, 0.1) is 5.70 Å². The number of allylic oxidation sites excluding steroid dienone is 1. The molecule has 2 aliphatic rings. The van der Waals surface area contributed by atoms with Crippen molar-refractivity contribution in [3.8, 4) is 0 Å². The molecule has 0 aromatic rings. The van der Waals surface area contributed by atoms with Gasteiger partial charge in [0.1, 0.15) is 5.94 Å². The lowest BCUT2D eigenvalue weighted by Gasteiger charge is -1.92. The van der Waals surface area contributed by atoms with E-state index in [1.54, 1.807) is 0 Å². The molecule has 42 valence electrons. The van der Waals surface area contributed by atoms with E-state index in [0.717, 1.165) is 18.2 Å². The molecule has 1 heterocycles. The SMILES string of the molecule is O=C=C1NCC2CC12. The van der Waals surface area contributed by atoms with Crippen LogP contribution in [-0.2, 0) is 4.79 Å². The average Bonchev–Trinajstić information content (AvgIpc) is 2.46. The molecule has 1 N–H and O–H groups in total. The molecule has 2 unspecified atom stereocenters. The molecular weight excluding hydrogens is 102 g/mol. The first kappa shape index (κ1) is 4.16. The summed E-state index contributed by atoms with van der Waals surface area (Å²) < 4.78 is 0. The fourth-order valence-electron chi connectivity index (χ4n) is 1.31. The maximum Gasteiger partial charge on any atom is 0.145 e. The van der Waals surface area contributed by atoms with Crippen LogP contribution in [0.15, 0.2) is 5.70 Å². The maximum absolute atomic E-state index is 10.0. The quantitative estimate of drug-likeness (QED) is 0.441. The lowest BCUT2D eigenvalue weighted by atomic mass is 10.3. The van der Waals surface area contributed by atoms with Crippen LogP contribution in [0.1, 0.15) is 6.42 Å². The van der Waals surface area contributed by atoms with E-state index >= 15 is 0 Å². The molecule has 8 heavy (non-hydrogen) atoms. The second-order valence-corrected chi connectivity index (χ2v) is 2.50. The van der Waals surface area contributed by atoms with Gasteiger partial charge in [-0.3, -0.25) is 0 Å². The van der Waals surface area contributed by atoms with E-state index < -0.39 is 0 Å². The Morgan fingerprint density at radius 3 is 2.88 bits per heavy atom. The summed E-state index contributed by atoms with van der Waals surface area (Å²) in [6, 6.07) is 0. The van der Waals surface area contributed by atoms with Gasteiger partial charge >= 0.3 is 0 Å². The van der Waals surface area contributed by atoms with Crippen molar-refractivity contribution in [2.75, 3.05) is 6.54 Å². The number of hydrogen-bond acceptors (Lipinski definition) is 2. The van der Waals surface area contributed by atoms with Gasteiger partial charge in [0.15, 0.2) is 0 Å². The smallest absolute Gasteiger partial charge is 0.145 e. The van der Waals surface area contributed by atoms with Crippen molar-refractivity contribution in [2.45, 2.75) is 6.42 Å². The Morgan fingerprint density at radius 2 is 2.62 bits per heavy atom. The van der Waals surface area contributed by atoms with Crippen LogP contribution < -0.4 is 5.32 Å². The van der Waals surface area contributed by atoms with Gasteiger partial charge in [-0.1, -0.05) is 0 Å². The second-order valence-electron chi connectivity index (χ2n) is 2.50. The summed E-state index contributed by atoms with van der Waals surface area (Å²) in [4.78, 5) is 10.0. The van der Waals surface area contributed by atoms with Crippen molar-refractivity contribution in [3.05, 3.63) is 5.70 Å². The van der Waals surface area contributed by atoms with Gasteiger partial charge in [-0.05, 0) is 12.3 Å². The van der Waals surface area contributed by atoms with Crippen LogP contribution in [0.3, 0.4) is 0 Å². The fourth-order valence-corrected chi connectivity index (χ4v) is 1.31. The van der Waals surface area contributed by atoms with Gasteiger partial charge < -0.3 is 5.32 Å². The Labute approximate surface area is 47.6 Å². The molecule has 2 atom stereocenters. The highest BCUT2D eigenvalue weighted by molar-refractivity contribution is 5.55. The number of piperidine rings is 1. The molecule has 2 heteroatoms. The minimum Gasteiger partial charge on any atom is -0.379 e. The van der Waals surface area contributed by atoms with E-state index in [0.29, 0.717) is 5.92 Å². The van der Waals surface area contributed by atoms with Gasteiger partial charge in [-0.2, -0.15) is 0 Å². The molecule has 0 spiro atoms. The van der Waals surface area contributed by atoms with E-state index in [9.17, 15) is 4.79 Å². The van der Waals surface area contributed by atoms with Crippen molar-refractivity contribution >= 4 is 5.94 Å². The topological polar surface area (TPSA) is 29.1 Å². The Morgan fingerprint density at radius 1 is 1.75 bits per heavy atom. The Bertz CT molecular complexity index is 169. The highest BCUT2D eigenvalue weighted by Gasteiger charge is 2.45. The predicted octanol–water partition coefficient (Wildman–Crippen LogP) is -0.0588. The molecule has 1 saturated heterocycles. The van der Waals surface area contributed by atoms with Crippen molar-refractivity contribution in [1.29, 1.82) is 0 Å². The fraction of sp³-hybridized carbons (Fsp3) is 0.667. The van der Waals surface area contributed by atoms with Crippen LogP contribution >= 0.6 is 0 Å². The molecule has 1 aliphatic carbocycles. The van der Waals surface area contributed by atoms with Crippen molar-refractivity contribution in [3.63, 3.8) is 0 Å². The zero-order valence-electron chi connectivity index (χ0n) is 4.48. The lowest BCUT2D eigenvalue weighted by molar-refractivity contribution is 0.564. The molecular formula is C6H7NO. The molecule has 2 fully saturated rings. The molecule has 0 radical (unpaired) electrons. The van der Waals surface area contributed by atoms with Gasteiger partial charge in [-0.15, -0.1) is 0 Å². The van der Waals surface area contributed by atoms with Gasteiger partial charge in [0.2, 0.25) is 0 Å². The normalized spacial score (nSPS) is 40.2. The highest BCUT2D eigenvalue weighted by Crippen LogP contribution is 2.45. The summed E-state index contributed by atoms with van der Waals surface area (Å²) in [5.41, 5.74) is 0.815. The molecule has 1 aliphatic heterocycles. The largest absolute Gasteiger partial charge is 0.379 e. The third-order valence-corrected chi connectivity index (χ3v) is 1.96. The first-order valence-electron chi connectivity index (χ1n) is 2.90. The van der Waals surface area contributed by atoms with Crippen LogP contribution in [0.2, 0.25) is 0 Å². The summed E-state index contributed by atoms with van der Waals surface area (Å²) in [6.45, 7) is 1.01. The zero-order chi connectivity index (χ0) is 5.56. The predicted molar refractivity (Wildman–Crippen MR) is 28.8 cm³/mol. The van der Waals surface area contributed by atoms with Crippen LogP contribution in [0.4, 0.5) is 0 Å². The minimum absolute atomic E-state index is 0.576. The molecule has 2 rings (SSSR count). The number of fused-ring (bicyclic) bond motifs is 1. The highest BCUT2D eigenvalue weighted by atomic mass is 16.1. The van der Waals surface area contributed by atoms with E-state index in [1.807, 2.05) is 5.94 Å². The van der Waals surface area contributed by atoms with E-state index in [-0.39, 0.29) is 0 Å². The molecule has 0 aromatic heterocycles. The van der Waals surface area contributed by atoms with E-state index in [1.165, 1.54) is 6.42 Å². The van der Waals surface area contributed by atoms with Gasteiger partial charge in [0, 0.05) is 12.5 Å². The van der Waals surface area contributed by atoms with Crippen LogP contribution in [0.25, 0.3) is 0 Å². The number of hydrogen-bond donors (Lipinski definition) is 1. The molecule has 0 bridgehead atoms. The van der Waals surface area contributed by atoms with Gasteiger partial charge in [0.25, 0.3) is 0 Å². The van der Waals surface area contributed by atoms with Crippen molar-refractivity contribution in [1.82, 2.24) is 5.32 Å². The molecule has 0 amide bonds. The van der Waals surface area contributed by atoms with Crippen LogP contribution in [-0.4, -0.2) is 12.5 Å². The molecule has 0 aromatic carbocycles. The third-order valence-electron chi connectivity index (χ3n) is 1.96. The summed E-state index contributed by atoms with van der Waals surface area (Å²) in [5, 5.41) is 3.00. The van der Waals surface area contributed by atoms with E-state index in [4.69, 9.17) is 0 Å². The van der Waals surface area contributed by atoms with Crippen molar-refractivity contribution < 1.29 is 4.79 Å². The first-order valence-corrected chi connectivity index (χ1v) is 2.90. The Balaban J connectivity index is 2.28. The van der Waals surface area contributed by atoms with Crippen molar-refractivity contribution in [2.24, 2.45) is 11.8 Å². The first-order chi connectivity index (χ1) is 3.92. The van der Waals surface area contributed by atoms with Gasteiger partial charge in [-0.25, -0.2) is 4.79 Å². The summed E-state index contributed by atoms with van der Waals surface area (Å²) >= 11 is 0. The molecule has 1 saturated carbocycles. The Hall–Kier alpha value is -0.750. The average molecular weight is 109 g/mol. The summed E-state index contributed by atoms with van der Waals surface area (Å²) in [7, 11) is 0. The van der Waals surface area contributed by atoms with Crippen LogP contribution in [0.5, 0.6) is 0 Å². The molecule has 2 nitrogen and oxygen atoms in total. The zero-order valence-corrected chi connectivity index (χ0v) is 4.48. The Kier molecular flexibility index (Phi) is 0.597. The number of carbonyl (C=O) groups excluding carboxylic acids is 1. The standard InChI is InChI=1S/C6H7NO/c8-3-6-5-1-4(5)2-7-6/h4-5,7H,1-2H2. The number of nitrogens with one attached hydrogen (secondary N) is 1. The third kappa shape index (κ3) is 0.359. The maximum atomic E-state index is 10.0. The second kappa shape index (κ2) is 1.15. The lowest BCUT2D eigenvalue weighted by Crippen LogP contribution is -2.09. The van der Waals surface area contributed by atoms with Crippen LogP contribution in [0, 0.1) is 11.8 Å². The summed E-state index contributed by atoms with van der Waals surface area (Å²) in [5.74, 6) is 3.27. The van der Waals surface area contributed by atoms with E-state index in [2.05, 4.69) is 5.32 Å². The number of rotatable bonds is 0. The minimum atomic E-state index is 0.576.